The number of ether oxygens (including phenoxy) is 1. The van der Waals surface area contributed by atoms with Crippen LogP contribution in [-0.4, -0.2) is 5.97 Å². The number of carbonyl (C=O) groups excluding carboxylic acids is 1. The van der Waals surface area contributed by atoms with Crippen LogP contribution in [0, 0.1) is 6.92 Å². The third-order valence-corrected chi connectivity index (χ3v) is 3.60. The van der Waals surface area contributed by atoms with E-state index in [1.807, 2.05) is 19.1 Å². The minimum Gasteiger partial charge on any atom is -0.423 e. The molecule has 0 heterocycles. The van der Waals surface area contributed by atoms with E-state index in [9.17, 15) is 4.79 Å². The molecule has 0 aliphatic heterocycles. The van der Waals surface area contributed by atoms with Gasteiger partial charge in [-0.1, -0.05) is 49.7 Å². The number of halogens is 1. The van der Waals surface area contributed by atoms with Gasteiger partial charge < -0.3 is 4.74 Å². The molecule has 2 aromatic rings. The maximum atomic E-state index is 11.9. The first kappa shape index (κ1) is 16.3. The Balaban J connectivity index is 2.01. The van der Waals surface area contributed by atoms with Crippen molar-refractivity contribution < 1.29 is 9.53 Å². The summed E-state index contributed by atoms with van der Waals surface area (Å²) in [5, 5.41) is 0.623. The Labute approximate surface area is 136 Å². The molecule has 0 saturated carbocycles. The second-order valence-corrected chi connectivity index (χ2v) is 5.92. The lowest BCUT2D eigenvalue weighted by Crippen LogP contribution is -2.04. The molecule has 22 heavy (non-hydrogen) atoms. The number of carbonyl (C=O) groups is 1. The summed E-state index contributed by atoms with van der Waals surface area (Å²) in [5.41, 5.74) is 3.07. The van der Waals surface area contributed by atoms with Gasteiger partial charge in [0.05, 0.1) is 0 Å². The van der Waals surface area contributed by atoms with Crippen LogP contribution in [0.2, 0.25) is 5.02 Å². The van der Waals surface area contributed by atoms with Crippen molar-refractivity contribution in [2.24, 2.45) is 0 Å². The summed E-state index contributed by atoms with van der Waals surface area (Å²) in [6.07, 6.45) is 3.18. The zero-order valence-corrected chi connectivity index (χ0v) is 13.7. The molecule has 2 aromatic carbocycles. The zero-order valence-electron chi connectivity index (χ0n) is 13.0. The highest BCUT2D eigenvalue weighted by atomic mass is 35.5. The van der Waals surface area contributed by atoms with Gasteiger partial charge in [0.15, 0.2) is 0 Å². The van der Waals surface area contributed by atoms with Crippen molar-refractivity contribution in [2.45, 2.75) is 26.7 Å². The van der Waals surface area contributed by atoms with E-state index in [2.05, 4.69) is 26.0 Å². The normalized spacial score (nSPS) is 11.1. The second-order valence-electron chi connectivity index (χ2n) is 5.49. The summed E-state index contributed by atoms with van der Waals surface area (Å²) in [6, 6.07) is 13.3. The summed E-state index contributed by atoms with van der Waals surface area (Å²) in [6.45, 7) is 6.15. The Kier molecular flexibility index (Phi) is 5.40. The van der Waals surface area contributed by atoms with Crippen molar-refractivity contribution in [1.29, 1.82) is 0 Å². The third kappa shape index (κ3) is 4.47. The largest absolute Gasteiger partial charge is 0.423 e. The number of esters is 1. The van der Waals surface area contributed by atoms with Gasteiger partial charge in [-0.15, -0.1) is 0 Å². The van der Waals surface area contributed by atoms with Gasteiger partial charge >= 0.3 is 5.97 Å². The minimum atomic E-state index is -0.404. The van der Waals surface area contributed by atoms with Crippen molar-refractivity contribution in [1.82, 2.24) is 0 Å². The summed E-state index contributed by atoms with van der Waals surface area (Å²) in [7, 11) is 0. The molecule has 114 valence electrons. The molecule has 2 nitrogen and oxygen atoms in total. The highest BCUT2D eigenvalue weighted by Crippen LogP contribution is 2.22. The Morgan fingerprint density at radius 1 is 1.14 bits per heavy atom. The molecule has 0 bridgehead atoms. The lowest BCUT2D eigenvalue weighted by molar-refractivity contribution is -0.128. The summed E-state index contributed by atoms with van der Waals surface area (Å²) in [5.74, 6) is 0.614. The van der Waals surface area contributed by atoms with E-state index in [-0.39, 0.29) is 0 Å². The average Bonchev–Trinajstić information content (AvgIpc) is 2.48. The number of aryl methyl sites for hydroxylation is 1. The predicted octanol–water partition coefficient (Wildman–Crippen LogP) is 5.39. The fourth-order valence-electron chi connectivity index (χ4n) is 2.03. The summed E-state index contributed by atoms with van der Waals surface area (Å²) in [4.78, 5) is 11.9. The molecule has 0 unspecified atom stereocenters. The van der Waals surface area contributed by atoms with Gasteiger partial charge in [0.2, 0.25) is 0 Å². The van der Waals surface area contributed by atoms with Crippen molar-refractivity contribution in [3.63, 3.8) is 0 Å². The first-order valence-corrected chi connectivity index (χ1v) is 7.59. The standard InChI is InChI=1S/C19H19ClO2/c1-13(2)16-7-4-15(5-8-16)6-11-19(21)22-18-10-9-17(20)12-14(18)3/h4-13H,1-3H3/b11-6+. The molecule has 0 aliphatic rings. The van der Waals surface area contributed by atoms with E-state index in [0.717, 1.165) is 11.1 Å². The van der Waals surface area contributed by atoms with Crippen molar-refractivity contribution in [2.75, 3.05) is 0 Å². The number of hydrogen-bond donors (Lipinski definition) is 0. The van der Waals surface area contributed by atoms with Gasteiger partial charge in [-0.2, -0.15) is 0 Å². The van der Waals surface area contributed by atoms with Crippen molar-refractivity contribution >= 4 is 23.6 Å². The fraction of sp³-hybridized carbons (Fsp3) is 0.211. The van der Waals surface area contributed by atoms with Crippen LogP contribution in [0.4, 0.5) is 0 Å². The zero-order chi connectivity index (χ0) is 16.1. The van der Waals surface area contributed by atoms with Crippen LogP contribution < -0.4 is 4.74 Å². The lowest BCUT2D eigenvalue weighted by Gasteiger charge is -2.06. The van der Waals surface area contributed by atoms with Crippen LogP contribution >= 0.6 is 11.6 Å². The predicted molar refractivity (Wildman–Crippen MR) is 91.4 cm³/mol. The quantitative estimate of drug-likeness (QED) is 0.429. The third-order valence-electron chi connectivity index (χ3n) is 3.36. The Hall–Kier alpha value is -2.06. The molecular formula is C19H19ClO2. The number of benzene rings is 2. The van der Waals surface area contributed by atoms with E-state index < -0.39 is 5.97 Å². The van der Waals surface area contributed by atoms with E-state index in [0.29, 0.717) is 16.7 Å². The molecule has 2 rings (SSSR count). The monoisotopic (exact) mass is 314 g/mol. The summed E-state index contributed by atoms with van der Waals surface area (Å²) >= 11 is 5.88. The van der Waals surface area contributed by atoms with Gasteiger partial charge in [-0.3, -0.25) is 0 Å². The van der Waals surface area contributed by atoms with Crippen LogP contribution in [0.1, 0.15) is 36.5 Å². The van der Waals surface area contributed by atoms with Gasteiger partial charge in [-0.05, 0) is 53.8 Å². The molecule has 0 spiro atoms. The van der Waals surface area contributed by atoms with Crippen molar-refractivity contribution in [3.05, 3.63) is 70.3 Å². The van der Waals surface area contributed by atoms with Gasteiger partial charge in [0, 0.05) is 11.1 Å². The highest BCUT2D eigenvalue weighted by Gasteiger charge is 2.04. The van der Waals surface area contributed by atoms with E-state index in [1.165, 1.54) is 11.6 Å². The second kappa shape index (κ2) is 7.28. The molecule has 3 heteroatoms. The van der Waals surface area contributed by atoms with Crippen LogP contribution in [0.5, 0.6) is 5.75 Å². The Morgan fingerprint density at radius 2 is 1.82 bits per heavy atom. The average molecular weight is 315 g/mol. The van der Waals surface area contributed by atoms with Crippen LogP contribution in [0.3, 0.4) is 0 Å². The molecule has 0 aromatic heterocycles. The fourth-order valence-corrected chi connectivity index (χ4v) is 2.25. The first-order valence-electron chi connectivity index (χ1n) is 7.21. The lowest BCUT2D eigenvalue weighted by atomic mass is 10.0. The van der Waals surface area contributed by atoms with E-state index in [1.54, 1.807) is 24.3 Å². The van der Waals surface area contributed by atoms with E-state index >= 15 is 0 Å². The Bertz CT molecular complexity index is 685. The van der Waals surface area contributed by atoms with Crippen LogP contribution in [0.25, 0.3) is 6.08 Å². The molecule has 0 amide bonds. The van der Waals surface area contributed by atoms with Gasteiger partial charge in [-0.25, -0.2) is 4.79 Å². The van der Waals surface area contributed by atoms with Gasteiger partial charge in [0.25, 0.3) is 0 Å². The SMILES string of the molecule is Cc1cc(Cl)ccc1OC(=O)/C=C/c1ccc(C(C)C)cc1. The summed E-state index contributed by atoms with van der Waals surface area (Å²) < 4.78 is 5.30. The van der Waals surface area contributed by atoms with Crippen LogP contribution in [-0.2, 0) is 4.79 Å². The Morgan fingerprint density at radius 3 is 2.41 bits per heavy atom. The molecule has 0 fully saturated rings. The van der Waals surface area contributed by atoms with Gasteiger partial charge in [0.1, 0.15) is 5.75 Å². The molecule has 0 N–H and O–H groups in total. The first-order chi connectivity index (χ1) is 10.5. The highest BCUT2D eigenvalue weighted by molar-refractivity contribution is 6.30. The number of hydrogen-bond acceptors (Lipinski definition) is 2. The molecule has 0 atom stereocenters. The van der Waals surface area contributed by atoms with Crippen molar-refractivity contribution in [3.8, 4) is 5.75 Å². The molecule has 0 saturated heterocycles. The topological polar surface area (TPSA) is 26.3 Å². The molecular weight excluding hydrogens is 296 g/mol. The molecule has 0 aliphatic carbocycles. The smallest absolute Gasteiger partial charge is 0.336 e. The molecule has 0 radical (unpaired) electrons. The maximum Gasteiger partial charge on any atom is 0.336 e. The maximum absolute atomic E-state index is 11.9. The number of rotatable bonds is 4. The minimum absolute atomic E-state index is 0.404. The van der Waals surface area contributed by atoms with Crippen LogP contribution in [0.15, 0.2) is 48.5 Å². The van der Waals surface area contributed by atoms with E-state index in [4.69, 9.17) is 16.3 Å².